The van der Waals surface area contributed by atoms with Crippen molar-refractivity contribution in [2.24, 2.45) is 0 Å². The molecule has 8 aromatic carbocycles. The van der Waals surface area contributed by atoms with Crippen LogP contribution >= 0.6 is 0 Å². The molecule has 1 atom stereocenters. The van der Waals surface area contributed by atoms with Crippen molar-refractivity contribution < 1.29 is 0 Å². The number of hydrogen-bond donors (Lipinski definition) is 0. The van der Waals surface area contributed by atoms with Crippen LogP contribution in [0.25, 0.3) is 60.5 Å². The Hall–Kier alpha value is -6.90. The summed E-state index contributed by atoms with van der Waals surface area (Å²) >= 11 is 0. The van der Waals surface area contributed by atoms with Crippen molar-refractivity contribution in [2.75, 3.05) is 4.90 Å². The van der Waals surface area contributed by atoms with Crippen LogP contribution in [-0.2, 0) is 0 Å². The van der Waals surface area contributed by atoms with Gasteiger partial charge < -0.3 is 9.47 Å². The van der Waals surface area contributed by atoms with Crippen LogP contribution in [0.3, 0.4) is 0 Å². The van der Waals surface area contributed by atoms with Crippen LogP contribution in [0.2, 0.25) is 0 Å². The van der Waals surface area contributed by atoms with E-state index in [1.165, 1.54) is 66.1 Å². The van der Waals surface area contributed by atoms with E-state index in [1.807, 2.05) is 0 Å². The molecule has 0 amide bonds. The van der Waals surface area contributed by atoms with Gasteiger partial charge in [-0.05, 0) is 88.0 Å². The van der Waals surface area contributed by atoms with Gasteiger partial charge in [0, 0.05) is 39.3 Å². The lowest BCUT2D eigenvalue weighted by molar-refractivity contribution is 0.841. The predicted octanol–water partition coefficient (Wildman–Crippen LogP) is 14.0. The van der Waals surface area contributed by atoms with Gasteiger partial charge in [0.15, 0.2) is 0 Å². The quantitative estimate of drug-likeness (QED) is 0.162. The van der Waals surface area contributed by atoms with Gasteiger partial charge in [-0.25, -0.2) is 0 Å². The third-order valence-corrected chi connectivity index (χ3v) is 10.9. The summed E-state index contributed by atoms with van der Waals surface area (Å²) in [6.45, 7) is 0. The van der Waals surface area contributed by atoms with Gasteiger partial charge in [-0.2, -0.15) is 0 Å². The molecule has 1 unspecified atom stereocenters. The van der Waals surface area contributed by atoms with Crippen LogP contribution in [-0.4, -0.2) is 4.57 Å². The average Bonchev–Trinajstić information content (AvgIpc) is 3.59. The highest BCUT2D eigenvalue weighted by Crippen LogP contribution is 2.42. The van der Waals surface area contributed by atoms with E-state index in [4.69, 9.17) is 0 Å². The lowest BCUT2D eigenvalue weighted by Crippen LogP contribution is -2.18. The summed E-state index contributed by atoms with van der Waals surface area (Å²) in [6, 6.07) is 70.4. The summed E-state index contributed by atoms with van der Waals surface area (Å²) in [4.78, 5) is 2.44. The van der Waals surface area contributed by atoms with Crippen LogP contribution in [0.5, 0.6) is 0 Å². The van der Waals surface area contributed by atoms with Crippen LogP contribution in [0.4, 0.5) is 11.4 Å². The van der Waals surface area contributed by atoms with Crippen molar-refractivity contribution >= 4 is 44.0 Å². The fourth-order valence-electron chi connectivity index (χ4n) is 8.27. The number of benzene rings is 8. The van der Waals surface area contributed by atoms with E-state index in [0.717, 1.165) is 23.5 Å². The number of aromatic nitrogens is 1. The molecule has 0 aliphatic heterocycles. The minimum absolute atomic E-state index is 0.319. The smallest absolute Gasteiger partial charge is 0.0541 e. The molecular formula is C52H38N2. The highest BCUT2D eigenvalue weighted by molar-refractivity contribution is 6.09. The molecule has 1 aliphatic rings. The molecule has 0 saturated heterocycles. The van der Waals surface area contributed by atoms with Crippen molar-refractivity contribution in [1.82, 2.24) is 4.57 Å². The molecule has 0 N–H and O–H groups in total. The Kier molecular flexibility index (Phi) is 8.00. The maximum atomic E-state index is 2.44. The zero-order chi connectivity index (χ0) is 35.8. The van der Waals surface area contributed by atoms with E-state index < -0.39 is 0 Å². The Morgan fingerprint density at radius 1 is 0.481 bits per heavy atom. The maximum absolute atomic E-state index is 2.44. The molecule has 1 aromatic heterocycles. The summed E-state index contributed by atoms with van der Waals surface area (Å²) in [5.41, 5.74) is 13.1. The molecule has 54 heavy (non-hydrogen) atoms. The predicted molar refractivity (Wildman–Crippen MR) is 229 cm³/mol. The number of hydrogen-bond acceptors (Lipinski definition) is 1. The highest BCUT2D eigenvalue weighted by atomic mass is 15.1. The molecule has 2 heteroatoms. The van der Waals surface area contributed by atoms with Gasteiger partial charge in [0.2, 0.25) is 0 Å². The van der Waals surface area contributed by atoms with Crippen molar-refractivity contribution in [3.63, 3.8) is 0 Å². The number of fused-ring (bicyclic) bond motifs is 4. The van der Waals surface area contributed by atoms with Gasteiger partial charge in [-0.1, -0.05) is 164 Å². The van der Waals surface area contributed by atoms with E-state index in [2.05, 4.69) is 222 Å². The third kappa shape index (κ3) is 5.70. The van der Waals surface area contributed by atoms with Crippen molar-refractivity contribution in [3.8, 4) is 27.9 Å². The molecule has 2 nitrogen and oxygen atoms in total. The van der Waals surface area contributed by atoms with Gasteiger partial charge in [0.25, 0.3) is 0 Å². The largest absolute Gasteiger partial charge is 0.310 e. The zero-order valence-corrected chi connectivity index (χ0v) is 29.9. The van der Waals surface area contributed by atoms with E-state index in [9.17, 15) is 0 Å². The molecule has 10 rings (SSSR count). The van der Waals surface area contributed by atoms with Gasteiger partial charge in [-0.15, -0.1) is 0 Å². The van der Waals surface area contributed by atoms with E-state index >= 15 is 0 Å². The first-order valence-corrected chi connectivity index (χ1v) is 18.8. The fraction of sp³-hybridized carbons (Fsp3) is 0.0385. The summed E-state index contributed by atoms with van der Waals surface area (Å²) in [5.74, 6) is 0.319. The Bertz CT molecular complexity index is 2820. The lowest BCUT2D eigenvalue weighted by atomic mass is 9.89. The summed E-state index contributed by atoms with van der Waals surface area (Å²) < 4.78 is 2.39. The summed E-state index contributed by atoms with van der Waals surface area (Å²) in [6.07, 6.45) is 8.04. The third-order valence-electron chi connectivity index (χ3n) is 10.9. The van der Waals surface area contributed by atoms with Crippen LogP contribution in [0.15, 0.2) is 218 Å². The average molecular weight is 691 g/mol. The monoisotopic (exact) mass is 690 g/mol. The second-order valence-electron chi connectivity index (χ2n) is 14.1. The van der Waals surface area contributed by atoms with Gasteiger partial charge in [-0.3, -0.25) is 0 Å². The van der Waals surface area contributed by atoms with Gasteiger partial charge in [0.1, 0.15) is 0 Å². The van der Waals surface area contributed by atoms with Crippen LogP contribution in [0, 0.1) is 0 Å². The first-order chi connectivity index (χ1) is 26.8. The van der Waals surface area contributed by atoms with Gasteiger partial charge in [0.05, 0.1) is 16.7 Å². The first-order valence-electron chi connectivity index (χ1n) is 18.8. The highest BCUT2D eigenvalue weighted by Gasteiger charge is 2.22. The lowest BCUT2D eigenvalue weighted by Gasteiger charge is -2.31. The minimum Gasteiger partial charge on any atom is -0.310 e. The van der Waals surface area contributed by atoms with E-state index in [0.29, 0.717) is 5.92 Å². The Balaban J connectivity index is 1.07. The second kappa shape index (κ2) is 13.6. The maximum Gasteiger partial charge on any atom is 0.0541 e. The van der Waals surface area contributed by atoms with Crippen molar-refractivity contribution in [3.05, 3.63) is 224 Å². The molecule has 0 fully saturated rings. The Morgan fingerprint density at radius 3 is 1.91 bits per heavy atom. The summed E-state index contributed by atoms with van der Waals surface area (Å²) in [7, 11) is 0. The molecule has 1 aliphatic carbocycles. The standard InChI is InChI=1S/C52H38N2/c1-2-15-39(16-3-1)47-22-6-9-25-50(47)53(44-32-30-38(31-33-44)43-29-28-37-14-4-5-17-40(37)34-43)45-20-12-18-41(35-45)42-19-13-21-46(36-42)54-51-26-10-7-23-48(51)49-24-8-11-27-52(49)54/h1-30,32-36,38H,31H2. The molecule has 256 valence electrons. The molecule has 0 radical (unpaired) electrons. The molecule has 1 heterocycles. The second-order valence-corrected chi connectivity index (χ2v) is 14.1. The van der Waals surface area contributed by atoms with Crippen LogP contribution < -0.4 is 4.90 Å². The van der Waals surface area contributed by atoms with E-state index in [-0.39, 0.29) is 0 Å². The number of anilines is 2. The number of para-hydroxylation sites is 3. The minimum atomic E-state index is 0.319. The molecule has 0 spiro atoms. The Labute approximate surface area is 316 Å². The van der Waals surface area contributed by atoms with E-state index in [1.54, 1.807) is 0 Å². The van der Waals surface area contributed by atoms with Crippen molar-refractivity contribution in [2.45, 2.75) is 12.3 Å². The number of nitrogens with zero attached hydrogens (tertiary/aromatic N) is 2. The normalized spacial score (nSPS) is 14.1. The summed E-state index contributed by atoms with van der Waals surface area (Å²) in [5, 5.41) is 5.10. The molecular weight excluding hydrogens is 653 g/mol. The topological polar surface area (TPSA) is 8.17 Å². The molecule has 9 aromatic rings. The first kappa shape index (κ1) is 31.8. The SMILES string of the molecule is C1=CC(c2ccc3ccccc3c2)CC=C1N(c1cccc(-c2cccc(-n3c4ccccc4c4ccccc43)c2)c1)c1ccccc1-c1ccccc1. The molecule has 0 saturated carbocycles. The van der Waals surface area contributed by atoms with Crippen molar-refractivity contribution in [1.29, 1.82) is 0 Å². The zero-order valence-electron chi connectivity index (χ0n) is 29.9. The van der Waals surface area contributed by atoms with Crippen LogP contribution in [0.1, 0.15) is 17.9 Å². The number of allylic oxidation sites excluding steroid dienone is 3. The fourth-order valence-corrected chi connectivity index (χ4v) is 8.27. The molecule has 0 bridgehead atoms. The number of rotatable bonds is 7. The Morgan fingerprint density at radius 2 is 1.13 bits per heavy atom. The van der Waals surface area contributed by atoms with Gasteiger partial charge >= 0.3 is 0 Å².